The van der Waals surface area contributed by atoms with Gasteiger partial charge in [-0.3, -0.25) is 4.79 Å². The number of amides is 1. The molecule has 0 bridgehead atoms. The molecule has 1 aromatic rings. The molecule has 0 aliphatic carbocycles. The highest BCUT2D eigenvalue weighted by atomic mass is 79.9. The number of nitrogens with one attached hydrogen (secondary N) is 1. The number of halogens is 2. The fourth-order valence-electron chi connectivity index (χ4n) is 1.97. The largest absolute Gasteiger partial charge is 0.325 e. The summed E-state index contributed by atoms with van der Waals surface area (Å²) in [6.45, 7) is 7.90. The summed E-state index contributed by atoms with van der Waals surface area (Å²) in [5.74, 6) is -0.174. The highest BCUT2D eigenvalue weighted by Gasteiger charge is 2.19. The molecule has 0 saturated carbocycles. The van der Waals surface area contributed by atoms with Crippen molar-refractivity contribution >= 4 is 27.5 Å². The molecule has 0 radical (unpaired) electrons. The molecule has 0 saturated heterocycles. The standard InChI is InChI=1S/C14H19BrFNO/c1-8(2)10-5-6-11(16)13(9(3)4)14(10)17-12(18)7-15/h5-6,8-9H,7H2,1-4H3,(H,17,18). The molecule has 100 valence electrons. The third kappa shape index (κ3) is 3.31. The van der Waals surface area contributed by atoms with Gasteiger partial charge in [0.1, 0.15) is 5.82 Å². The van der Waals surface area contributed by atoms with Crippen molar-refractivity contribution < 1.29 is 9.18 Å². The van der Waals surface area contributed by atoms with Crippen LogP contribution >= 0.6 is 15.9 Å². The maximum Gasteiger partial charge on any atom is 0.235 e. The molecular formula is C14H19BrFNO. The number of rotatable bonds is 4. The van der Waals surface area contributed by atoms with Crippen molar-refractivity contribution in [3.8, 4) is 0 Å². The molecule has 1 amide bonds. The Kier molecular flexibility index (Phi) is 5.32. The molecule has 0 fully saturated rings. The first-order chi connectivity index (χ1) is 8.38. The van der Waals surface area contributed by atoms with Crippen molar-refractivity contribution in [1.29, 1.82) is 0 Å². The van der Waals surface area contributed by atoms with Gasteiger partial charge in [0.05, 0.1) is 11.0 Å². The molecule has 2 nitrogen and oxygen atoms in total. The van der Waals surface area contributed by atoms with Gasteiger partial charge >= 0.3 is 0 Å². The smallest absolute Gasteiger partial charge is 0.235 e. The number of alkyl halides is 1. The van der Waals surface area contributed by atoms with Crippen LogP contribution in [0.15, 0.2) is 12.1 Å². The van der Waals surface area contributed by atoms with Crippen LogP contribution in [0, 0.1) is 5.82 Å². The Morgan fingerprint density at radius 2 is 1.89 bits per heavy atom. The lowest BCUT2D eigenvalue weighted by Crippen LogP contribution is -2.17. The zero-order chi connectivity index (χ0) is 13.9. The van der Waals surface area contributed by atoms with Gasteiger partial charge in [-0.05, 0) is 23.5 Å². The highest BCUT2D eigenvalue weighted by Crippen LogP contribution is 2.34. The van der Waals surface area contributed by atoms with E-state index in [2.05, 4.69) is 21.2 Å². The molecule has 0 aliphatic heterocycles. The Labute approximate surface area is 116 Å². The Hall–Kier alpha value is -0.900. The second kappa shape index (κ2) is 6.32. The van der Waals surface area contributed by atoms with Crippen LogP contribution in [0.2, 0.25) is 0 Å². The number of carbonyl (C=O) groups is 1. The van der Waals surface area contributed by atoms with Crippen LogP contribution < -0.4 is 5.32 Å². The first kappa shape index (κ1) is 15.2. The minimum absolute atomic E-state index is 0.0225. The van der Waals surface area contributed by atoms with Gasteiger partial charge in [-0.1, -0.05) is 49.7 Å². The molecule has 0 atom stereocenters. The van der Waals surface area contributed by atoms with Gasteiger partial charge in [-0.2, -0.15) is 0 Å². The third-order valence-electron chi connectivity index (χ3n) is 2.81. The van der Waals surface area contributed by atoms with Gasteiger partial charge in [0.15, 0.2) is 0 Å². The molecule has 0 aromatic heterocycles. The SMILES string of the molecule is CC(C)c1ccc(F)c(C(C)C)c1NC(=O)CBr. The Bertz CT molecular complexity index is 444. The number of hydrogen-bond acceptors (Lipinski definition) is 1. The van der Waals surface area contributed by atoms with Crippen LogP contribution in [-0.4, -0.2) is 11.2 Å². The van der Waals surface area contributed by atoms with E-state index >= 15 is 0 Å². The summed E-state index contributed by atoms with van der Waals surface area (Å²) >= 11 is 3.11. The van der Waals surface area contributed by atoms with Crippen LogP contribution in [0.5, 0.6) is 0 Å². The molecule has 0 spiro atoms. The van der Waals surface area contributed by atoms with Crippen molar-refractivity contribution in [3.63, 3.8) is 0 Å². The van der Waals surface area contributed by atoms with E-state index in [0.717, 1.165) is 5.56 Å². The van der Waals surface area contributed by atoms with Gasteiger partial charge in [-0.25, -0.2) is 4.39 Å². The third-order valence-corrected chi connectivity index (χ3v) is 3.32. The number of hydrogen-bond donors (Lipinski definition) is 1. The summed E-state index contributed by atoms with van der Waals surface area (Å²) in [4.78, 5) is 11.6. The van der Waals surface area contributed by atoms with Crippen molar-refractivity contribution in [2.75, 3.05) is 10.6 Å². The van der Waals surface area contributed by atoms with Gasteiger partial charge in [0.25, 0.3) is 0 Å². The zero-order valence-corrected chi connectivity index (χ0v) is 12.8. The summed E-state index contributed by atoms with van der Waals surface area (Å²) in [5.41, 5.74) is 2.18. The fourth-order valence-corrected chi connectivity index (χ4v) is 2.11. The molecule has 1 N–H and O–H groups in total. The van der Waals surface area contributed by atoms with Crippen molar-refractivity contribution in [1.82, 2.24) is 0 Å². The molecular weight excluding hydrogens is 297 g/mol. The van der Waals surface area contributed by atoms with Crippen molar-refractivity contribution in [2.45, 2.75) is 39.5 Å². The number of anilines is 1. The van der Waals surface area contributed by atoms with Crippen LogP contribution in [-0.2, 0) is 4.79 Å². The van der Waals surface area contributed by atoms with Crippen LogP contribution in [0.3, 0.4) is 0 Å². The van der Waals surface area contributed by atoms with Gasteiger partial charge in [0.2, 0.25) is 5.91 Å². The van der Waals surface area contributed by atoms with Gasteiger partial charge in [-0.15, -0.1) is 0 Å². The number of carbonyl (C=O) groups excluding carboxylic acids is 1. The minimum atomic E-state index is -0.265. The van der Waals surface area contributed by atoms with Crippen molar-refractivity contribution in [2.24, 2.45) is 0 Å². The first-order valence-electron chi connectivity index (χ1n) is 6.06. The first-order valence-corrected chi connectivity index (χ1v) is 7.18. The minimum Gasteiger partial charge on any atom is -0.325 e. The van der Waals surface area contributed by atoms with Gasteiger partial charge < -0.3 is 5.32 Å². The summed E-state index contributed by atoms with van der Waals surface area (Å²) < 4.78 is 13.9. The summed E-state index contributed by atoms with van der Waals surface area (Å²) in [5, 5.41) is 3.01. The van der Waals surface area contributed by atoms with Crippen LogP contribution in [0.1, 0.15) is 50.7 Å². The van der Waals surface area contributed by atoms with Crippen molar-refractivity contribution in [3.05, 3.63) is 29.1 Å². The summed E-state index contributed by atoms with van der Waals surface area (Å²) in [6, 6.07) is 3.23. The molecule has 1 rings (SSSR count). The average molecular weight is 316 g/mol. The lowest BCUT2D eigenvalue weighted by atomic mass is 9.92. The number of benzene rings is 1. The lowest BCUT2D eigenvalue weighted by molar-refractivity contribution is -0.113. The van der Waals surface area contributed by atoms with E-state index in [0.29, 0.717) is 11.3 Å². The summed E-state index contributed by atoms with van der Waals surface area (Å²) in [7, 11) is 0. The predicted molar refractivity (Wildman–Crippen MR) is 77.0 cm³/mol. The van der Waals surface area contributed by atoms with E-state index < -0.39 is 0 Å². The molecule has 0 aliphatic rings. The van der Waals surface area contributed by atoms with E-state index in [1.165, 1.54) is 6.07 Å². The average Bonchev–Trinajstić information content (AvgIpc) is 2.27. The fraction of sp³-hybridized carbons (Fsp3) is 0.500. The predicted octanol–water partition coefficient (Wildman–Crippen LogP) is 4.41. The quantitative estimate of drug-likeness (QED) is 0.819. The monoisotopic (exact) mass is 315 g/mol. The maximum atomic E-state index is 13.9. The topological polar surface area (TPSA) is 29.1 Å². The van der Waals surface area contributed by atoms with E-state index in [9.17, 15) is 9.18 Å². The molecule has 0 heterocycles. The van der Waals surface area contributed by atoms with E-state index in [1.807, 2.05) is 27.7 Å². The molecule has 1 aromatic carbocycles. The Balaban J connectivity index is 3.38. The molecule has 4 heteroatoms. The highest BCUT2D eigenvalue weighted by molar-refractivity contribution is 9.09. The second-order valence-electron chi connectivity index (χ2n) is 4.92. The van der Waals surface area contributed by atoms with E-state index in [-0.39, 0.29) is 28.9 Å². The second-order valence-corrected chi connectivity index (χ2v) is 5.48. The Morgan fingerprint density at radius 3 is 2.33 bits per heavy atom. The molecule has 18 heavy (non-hydrogen) atoms. The van der Waals surface area contributed by atoms with E-state index in [1.54, 1.807) is 6.07 Å². The normalized spacial score (nSPS) is 11.1. The van der Waals surface area contributed by atoms with Gasteiger partial charge in [0, 0.05) is 5.56 Å². The lowest BCUT2D eigenvalue weighted by Gasteiger charge is -2.20. The van der Waals surface area contributed by atoms with Crippen LogP contribution in [0.25, 0.3) is 0 Å². The van der Waals surface area contributed by atoms with E-state index in [4.69, 9.17) is 0 Å². The van der Waals surface area contributed by atoms with Crippen LogP contribution in [0.4, 0.5) is 10.1 Å². The maximum absolute atomic E-state index is 13.9. The zero-order valence-electron chi connectivity index (χ0n) is 11.2. The molecule has 0 unspecified atom stereocenters. The Morgan fingerprint density at radius 1 is 1.28 bits per heavy atom. The summed E-state index contributed by atoms with van der Waals surface area (Å²) in [6.07, 6.45) is 0.